The van der Waals surface area contributed by atoms with Gasteiger partial charge in [0.05, 0.1) is 16.4 Å². The minimum atomic E-state index is -0.438. The van der Waals surface area contributed by atoms with Gasteiger partial charge in [-0.25, -0.2) is 0 Å². The van der Waals surface area contributed by atoms with Crippen molar-refractivity contribution in [1.29, 1.82) is 0 Å². The van der Waals surface area contributed by atoms with Gasteiger partial charge >= 0.3 is 0 Å². The van der Waals surface area contributed by atoms with Crippen molar-refractivity contribution < 1.29 is 9.72 Å². The normalized spacial score (nSPS) is 12.8. The maximum Gasteiger partial charge on any atom is 0.271 e. The molecule has 9 heteroatoms. The Labute approximate surface area is 178 Å². The quantitative estimate of drug-likeness (QED) is 0.339. The van der Waals surface area contributed by atoms with Gasteiger partial charge in [0, 0.05) is 30.8 Å². The van der Waals surface area contributed by atoms with Crippen LogP contribution >= 0.6 is 11.8 Å². The monoisotopic (exact) mass is 423 g/mol. The van der Waals surface area contributed by atoms with E-state index in [0.29, 0.717) is 30.4 Å². The predicted molar refractivity (Wildman–Crippen MR) is 116 cm³/mol. The Kier molecular flexibility index (Phi) is 5.54. The van der Waals surface area contributed by atoms with E-state index in [1.54, 1.807) is 11.0 Å². The summed E-state index contributed by atoms with van der Waals surface area (Å²) in [6.45, 7) is 5.27. The van der Waals surface area contributed by atoms with Crippen molar-refractivity contribution >= 4 is 29.0 Å². The molecule has 30 heavy (non-hydrogen) atoms. The number of anilines is 1. The molecule has 0 fully saturated rings. The zero-order valence-corrected chi connectivity index (χ0v) is 17.6. The van der Waals surface area contributed by atoms with Crippen molar-refractivity contribution in [1.82, 2.24) is 14.8 Å². The van der Waals surface area contributed by atoms with Crippen molar-refractivity contribution in [3.8, 4) is 11.4 Å². The Hall–Kier alpha value is -3.20. The average Bonchev–Trinajstić information content (AvgIpc) is 3.35. The maximum atomic E-state index is 12.9. The first kappa shape index (κ1) is 20.1. The first-order valence-electron chi connectivity index (χ1n) is 9.69. The minimum Gasteiger partial charge on any atom is -0.311 e. The summed E-state index contributed by atoms with van der Waals surface area (Å²) in [6, 6.07) is 12.7. The van der Waals surface area contributed by atoms with Crippen molar-refractivity contribution in [2.45, 2.75) is 32.0 Å². The molecule has 0 N–H and O–H groups in total. The number of thioether (sulfide) groups is 1. The largest absolute Gasteiger partial charge is 0.311 e. The molecule has 0 unspecified atom stereocenters. The number of aryl methyl sites for hydroxylation is 1. The van der Waals surface area contributed by atoms with Gasteiger partial charge in [0.15, 0.2) is 11.0 Å². The lowest BCUT2D eigenvalue weighted by molar-refractivity contribution is -0.384. The van der Waals surface area contributed by atoms with Gasteiger partial charge in [-0.1, -0.05) is 42.1 Å². The second-order valence-corrected chi connectivity index (χ2v) is 7.96. The Morgan fingerprint density at radius 1 is 1.23 bits per heavy atom. The molecule has 1 aliphatic heterocycles. The van der Waals surface area contributed by atoms with Crippen LogP contribution in [-0.2, 0) is 17.8 Å². The van der Waals surface area contributed by atoms with E-state index in [1.807, 2.05) is 42.7 Å². The molecule has 3 aromatic rings. The molecule has 8 nitrogen and oxygen atoms in total. The summed E-state index contributed by atoms with van der Waals surface area (Å²) >= 11 is 1.34. The number of hydrogen-bond donors (Lipinski definition) is 0. The van der Waals surface area contributed by atoms with Gasteiger partial charge in [0.25, 0.3) is 5.69 Å². The molecule has 2 aromatic carbocycles. The standard InChI is InChI=1S/C21H21N5O3S/c1-3-24-20(17-7-5-4-6-14(17)2)22-23-21(24)30-13-19(27)25-11-10-15-8-9-16(26(28)29)12-18(15)25/h4-9,12H,3,10-11,13H2,1-2H3. The summed E-state index contributed by atoms with van der Waals surface area (Å²) in [4.78, 5) is 25.1. The molecule has 1 aromatic heterocycles. The first-order valence-corrected chi connectivity index (χ1v) is 10.7. The number of hydrogen-bond acceptors (Lipinski definition) is 6. The number of nitro groups is 1. The molecule has 0 atom stereocenters. The van der Waals surface area contributed by atoms with Gasteiger partial charge in [-0.05, 0) is 31.4 Å². The third-order valence-corrected chi connectivity index (χ3v) is 6.17. The molecule has 0 spiro atoms. The van der Waals surface area contributed by atoms with E-state index in [2.05, 4.69) is 10.2 Å². The lowest BCUT2D eigenvalue weighted by Gasteiger charge is -2.17. The maximum absolute atomic E-state index is 12.9. The third-order valence-electron chi connectivity index (χ3n) is 5.22. The van der Waals surface area contributed by atoms with Gasteiger partial charge in [0.1, 0.15) is 0 Å². The lowest BCUT2D eigenvalue weighted by Crippen LogP contribution is -2.30. The van der Waals surface area contributed by atoms with Gasteiger partial charge in [0.2, 0.25) is 5.91 Å². The number of nitrogens with zero attached hydrogens (tertiary/aromatic N) is 5. The van der Waals surface area contributed by atoms with Crippen molar-refractivity contribution in [3.63, 3.8) is 0 Å². The van der Waals surface area contributed by atoms with Crippen LogP contribution in [0.1, 0.15) is 18.1 Å². The van der Waals surface area contributed by atoms with E-state index in [4.69, 9.17) is 0 Å². The van der Waals surface area contributed by atoms with E-state index >= 15 is 0 Å². The van der Waals surface area contributed by atoms with Crippen molar-refractivity contribution in [2.24, 2.45) is 0 Å². The van der Waals surface area contributed by atoms with Gasteiger partial charge in [-0.2, -0.15) is 0 Å². The number of benzene rings is 2. The van der Waals surface area contributed by atoms with Gasteiger partial charge in [-0.3, -0.25) is 14.9 Å². The molecule has 0 saturated carbocycles. The van der Waals surface area contributed by atoms with E-state index in [1.165, 1.54) is 23.9 Å². The highest BCUT2D eigenvalue weighted by Gasteiger charge is 2.27. The second kappa shape index (κ2) is 8.27. The summed E-state index contributed by atoms with van der Waals surface area (Å²) in [6.07, 6.45) is 0.701. The van der Waals surface area contributed by atoms with Crippen LogP contribution in [0.4, 0.5) is 11.4 Å². The summed E-state index contributed by atoms with van der Waals surface area (Å²) in [5.41, 5.74) is 3.72. The zero-order chi connectivity index (χ0) is 21.3. The average molecular weight is 423 g/mol. The van der Waals surface area contributed by atoms with Crippen molar-refractivity contribution in [2.75, 3.05) is 17.2 Å². The topological polar surface area (TPSA) is 94.2 Å². The fourth-order valence-electron chi connectivity index (χ4n) is 3.65. The predicted octanol–water partition coefficient (Wildman–Crippen LogP) is 3.86. The fourth-order valence-corrected chi connectivity index (χ4v) is 4.53. The van der Waals surface area contributed by atoms with Crippen LogP contribution in [0, 0.1) is 17.0 Å². The first-order chi connectivity index (χ1) is 14.5. The Bertz CT molecular complexity index is 1130. The number of rotatable bonds is 6. The smallest absolute Gasteiger partial charge is 0.271 e. The fraction of sp³-hybridized carbons (Fsp3) is 0.286. The number of amides is 1. The molecule has 154 valence electrons. The van der Waals surface area contributed by atoms with Crippen LogP contribution in [0.2, 0.25) is 0 Å². The van der Waals surface area contributed by atoms with Gasteiger partial charge < -0.3 is 9.47 Å². The molecular weight excluding hydrogens is 402 g/mol. The highest BCUT2D eigenvalue weighted by Crippen LogP contribution is 2.33. The van der Waals surface area contributed by atoms with Crippen LogP contribution in [0.3, 0.4) is 0 Å². The second-order valence-electron chi connectivity index (χ2n) is 7.02. The van der Waals surface area contributed by atoms with Crippen LogP contribution < -0.4 is 4.90 Å². The molecule has 0 bridgehead atoms. The van der Waals surface area contributed by atoms with Crippen LogP contribution in [0.5, 0.6) is 0 Å². The highest BCUT2D eigenvalue weighted by atomic mass is 32.2. The van der Waals surface area contributed by atoms with Crippen LogP contribution in [-0.4, -0.2) is 37.9 Å². The third kappa shape index (κ3) is 3.68. The van der Waals surface area contributed by atoms with Gasteiger partial charge in [-0.15, -0.1) is 10.2 Å². The van der Waals surface area contributed by atoms with E-state index in [0.717, 1.165) is 22.5 Å². The van der Waals surface area contributed by atoms with Crippen LogP contribution in [0.15, 0.2) is 47.6 Å². The lowest BCUT2D eigenvalue weighted by atomic mass is 10.1. The molecule has 0 saturated heterocycles. The Morgan fingerprint density at radius 2 is 2.03 bits per heavy atom. The van der Waals surface area contributed by atoms with Crippen molar-refractivity contribution in [3.05, 3.63) is 63.7 Å². The molecule has 1 aliphatic rings. The zero-order valence-electron chi connectivity index (χ0n) is 16.7. The molecule has 2 heterocycles. The summed E-state index contributed by atoms with van der Waals surface area (Å²) in [7, 11) is 0. The number of carbonyl (C=O) groups is 1. The number of non-ortho nitro benzene ring substituents is 1. The highest BCUT2D eigenvalue weighted by molar-refractivity contribution is 7.99. The summed E-state index contributed by atoms with van der Waals surface area (Å²) in [5, 5.41) is 20.4. The minimum absolute atomic E-state index is 0.00491. The Morgan fingerprint density at radius 3 is 2.77 bits per heavy atom. The van der Waals surface area contributed by atoms with E-state index in [-0.39, 0.29) is 17.3 Å². The SMILES string of the molecule is CCn1c(SCC(=O)N2CCc3ccc([N+](=O)[O-])cc32)nnc1-c1ccccc1C. The molecule has 4 rings (SSSR count). The molecule has 1 amide bonds. The van der Waals surface area contributed by atoms with E-state index < -0.39 is 4.92 Å². The van der Waals surface area contributed by atoms with E-state index in [9.17, 15) is 14.9 Å². The summed E-state index contributed by atoms with van der Waals surface area (Å²) < 4.78 is 2.00. The number of carbonyl (C=O) groups excluding carboxylic acids is 1. The number of fused-ring (bicyclic) bond motifs is 1. The molecule has 0 radical (unpaired) electrons. The summed E-state index contributed by atoms with van der Waals surface area (Å²) in [5.74, 6) is 0.878. The van der Waals surface area contributed by atoms with Crippen LogP contribution in [0.25, 0.3) is 11.4 Å². The number of nitro benzene ring substituents is 1. The Balaban J connectivity index is 1.52. The molecule has 0 aliphatic carbocycles. The molecular formula is C21H21N5O3S. The number of aromatic nitrogens is 3.